The number of fused-ring (bicyclic) bond motifs is 1. The summed E-state index contributed by atoms with van der Waals surface area (Å²) in [5.74, 6) is 2.48. The van der Waals surface area contributed by atoms with Gasteiger partial charge in [-0.15, -0.1) is 0 Å². The van der Waals surface area contributed by atoms with Gasteiger partial charge in [-0.1, -0.05) is 31.4 Å². The SMILES string of the molecule is COc1cccc(CCN2CCC3CN(C(=O)NC4CCCCC4)CCC3CC2=O)c1OC. The molecule has 33 heavy (non-hydrogen) atoms. The van der Waals surface area contributed by atoms with Crippen molar-refractivity contribution in [3.63, 3.8) is 0 Å². The van der Waals surface area contributed by atoms with Crippen LogP contribution in [0.3, 0.4) is 0 Å². The van der Waals surface area contributed by atoms with Crippen LogP contribution < -0.4 is 14.8 Å². The van der Waals surface area contributed by atoms with Crippen molar-refractivity contribution in [1.82, 2.24) is 15.1 Å². The predicted molar refractivity (Wildman–Crippen MR) is 128 cm³/mol. The number of nitrogens with one attached hydrogen (secondary N) is 1. The highest BCUT2D eigenvalue weighted by Gasteiger charge is 2.36. The van der Waals surface area contributed by atoms with Gasteiger partial charge in [0.2, 0.25) is 5.91 Å². The molecule has 2 unspecified atom stereocenters. The van der Waals surface area contributed by atoms with E-state index in [-0.39, 0.29) is 11.9 Å². The number of urea groups is 1. The zero-order valence-electron chi connectivity index (χ0n) is 20.2. The summed E-state index contributed by atoms with van der Waals surface area (Å²) in [6.45, 7) is 2.96. The fourth-order valence-electron chi connectivity index (χ4n) is 5.82. The maximum absolute atomic E-state index is 13.0. The van der Waals surface area contributed by atoms with E-state index in [9.17, 15) is 9.59 Å². The lowest BCUT2D eigenvalue weighted by atomic mass is 9.82. The molecule has 3 aliphatic rings. The Balaban J connectivity index is 1.32. The lowest BCUT2D eigenvalue weighted by Crippen LogP contribution is -2.50. The topological polar surface area (TPSA) is 71.1 Å². The van der Waals surface area contributed by atoms with Crippen molar-refractivity contribution in [2.45, 2.75) is 63.8 Å². The van der Waals surface area contributed by atoms with Gasteiger partial charge in [-0.3, -0.25) is 4.79 Å². The summed E-state index contributed by atoms with van der Waals surface area (Å²) in [5.41, 5.74) is 1.05. The molecule has 2 saturated heterocycles. The number of piperidine rings is 1. The van der Waals surface area contributed by atoms with E-state index in [0.29, 0.717) is 30.8 Å². The first-order valence-corrected chi connectivity index (χ1v) is 12.6. The van der Waals surface area contributed by atoms with E-state index in [1.165, 1.54) is 19.3 Å². The number of rotatable bonds is 6. The summed E-state index contributed by atoms with van der Waals surface area (Å²) in [7, 11) is 3.29. The van der Waals surface area contributed by atoms with Crippen LogP contribution in [0, 0.1) is 11.8 Å². The maximum atomic E-state index is 13.0. The van der Waals surface area contributed by atoms with Crippen LogP contribution >= 0.6 is 0 Å². The second-order valence-electron chi connectivity index (χ2n) is 9.82. The monoisotopic (exact) mass is 457 g/mol. The number of para-hydroxylation sites is 1. The Morgan fingerprint density at radius 3 is 2.58 bits per heavy atom. The van der Waals surface area contributed by atoms with Crippen molar-refractivity contribution in [1.29, 1.82) is 0 Å². The van der Waals surface area contributed by atoms with Gasteiger partial charge in [-0.2, -0.15) is 0 Å². The largest absolute Gasteiger partial charge is 0.493 e. The van der Waals surface area contributed by atoms with Crippen molar-refractivity contribution in [2.75, 3.05) is 40.4 Å². The molecule has 182 valence electrons. The zero-order chi connectivity index (χ0) is 23.2. The summed E-state index contributed by atoms with van der Waals surface area (Å²) in [6, 6.07) is 6.32. The highest BCUT2D eigenvalue weighted by atomic mass is 16.5. The Morgan fingerprint density at radius 1 is 1.03 bits per heavy atom. The molecule has 3 fully saturated rings. The van der Waals surface area contributed by atoms with Gasteiger partial charge in [0.1, 0.15) is 0 Å². The molecule has 1 saturated carbocycles. The second kappa shape index (κ2) is 11.1. The molecule has 2 atom stereocenters. The third kappa shape index (κ3) is 5.74. The average molecular weight is 458 g/mol. The zero-order valence-corrected chi connectivity index (χ0v) is 20.2. The van der Waals surface area contributed by atoms with Gasteiger partial charge in [-0.05, 0) is 55.6 Å². The van der Waals surface area contributed by atoms with Crippen LogP contribution in [0.5, 0.6) is 11.5 Å². The molecular formula is C26H39N3O4. The van der Waals surface area contributed by atoms with Crippen molar-refractivity contribution in [3.8, 4) is 11.5 Å². The van der Waals surface area contributed by atoms with Crippen LogP contribution in [0.25, 0.3) is 0 Å². The maximum Gasteiger partial charge on any atom is 0.317 e. The predicted octanol–water partition coefficient (Wildman–Crippen LogP) is 3.85. The Morgan fingerprint density at radius 2 is 1.82 bits per heavy atom. The molecule has 0 bridgehead atoms. The minimum Gasteiger partial charge on any atom is -0.493 e. The average Bonchev–Trinajstić information content (AvgIpc) is 3.00. The molecule has 3 amide bonds. The number of carbonyl (C=O) groups is 2. The third-order valence-electron chi connectivity index (χ3n) is 7.81. The number of likely N-dealkylation sites (tertiary alicyclic amines) is 2. The van der Waals surface area contributed by atoms with Gasteiger partial charge in [0.15, 0.2) is 11.5 Å². The van der Waals surface area contributed by atoms with Crippen LogP contribution in [-0.2, 0) is 11.2 Å². The number of amides is 3. The Hall–Kier alpha value is -2.44. The van der Waals surface area contributed by atoms with E-state index in [1.54, 1.807) is 14.2 Å². The highest BCUT2D eigenvalue weighted by molar-refractivity contribution is 5.77. The number of benzene rings is 1. The van der Waals surface area contributed by atoms with Gasteiger partial charge in [0, 0.05) is 38.6 Å². The smallest absolute Gasteiger partial charge is 0.317 e. The lowest BCUT2D eigenvalue weighted by Gasteiger charge is -2.38. The molecule has 1 N–H and O–H groups in total. The van der Waals surface area contributed by atoms with Crippen LogP contribution in [0.15, 0.2) is 18.2 Å². The normalized spacial score (nSPS) is 24.1. The van der Waals surface area contributed by atoms with E-state index < -0.39 is 0 Å². The summed E-state index contributed by atoms with van der Waals surface area (Å²) in [4.78, 5) is 29.9. The van der Waals surface area contributed by atoms with E-state index in [0.717, 1.165) is 68.8 Å². The third-order valence-corrected chi connectivity index (χ3v) is 7.81. The molecule has 1 aromatic carbocycles. The molecule has 0 spiro atoms. The van der Waals surface area contributed by atoms with Gasteiger partial charge in [0.25, 0.3) is 0 Å². The van der Waals surface area contributed by atoms with Crippen molar-refractivity contribution >= 4 is 11.9 Å². The highest BCUT2D eigenvalue weighted by Crippen LogP contribution is 2.34. The molecule has 7 heteroatoms. The molecule has 1 aliphatic carbocycles. The van der Waals surface area contributed by atoms with Crippen molar-refractivity contribution in [2.24, 2.45) is 11.8 Å². The van der Waals surface area contributed by atoms with Crippen LogP contribution in [0.1, 0.15) is 56.9 Å². The molecule has 4 rings (SSSR count). The van der Waals surface area contributed by atoms with Gasteiger partial charge in [0.05, 0.1) is 14.2 Å². The van der Waals surface area contributed by atoms with Crippen molar-refractivity contribution < 1.29 is 19.1 Å². The molecule has 0 radical (unpaired) electrons. The van der Waals surface area contributed by atoms with Gasteiger partial charge >= 0.3 is 6.03 Å². The minimum absolute atomic E-state index is 0.0953. The Labute approximate surface area is 197 Å². The number of ether oxygens (including phenoxy) is 2. The number of hydrogen-bond acceptors (Lipinski definition) is 4. The van der Waals surface area contributed by atoms with Gasteiger partial charge in [-0.25, -0.2) is 4.79 Å². The molecule has 0 aromatic heterocycles. The summed E-state index contributed by atoms with van der Waals surface area (Å²) >= 11 is 0. The first-order valence-electron chi connectivity index (χ1n) is 12.6. The summed E-state index contributed by atoms with van der Waals surface area (Å²) in [6.07, 6.45) is 9.14. The summed E-state index contributed by atoms with van der Waals surface area (Å²) in [5, 5.41) is 3.26. The quantitative estimate of drug-likeness (QED) is 0.704. The molecule has 7 nitrogen and oxygen atoms in total. The van der Waals surface area contributed by atoms with Crippen molar-refractivity contribution in [3.05, 3.63) is 23.8 Å². The van der Waals surface area contributed by atoms with E-state index in [2.05, 4.69) is 5.32 Å². The van der Waals surface area contributed by atoms with Crippen LogP contribution in [0.2, 0.25) is 0 Å². The lowest BCUT2D eigenvalue weighted by molar-refractivity contribution is -0.131. The fraction of sp³-hybridized carbons (Fsp3) is 0.692. The molecule has 2 aliphatic heterocycles. The Bertz CT molecular complexity index is 824. The molecule has 1 aromatic rings. The van der Waals surface area contributed by atoms with E-state index >= 15 is 0 Å². The Kier molecular flexibility index (Phi) is 7.99. The molecular weight excluding hydrogens is 418 g/mol. The standard InChI is InChI=1S/C26H39N3O4/c1-32-23-10-6-7-19(25(23)33-2)11-14-28-15-13-21-18-29(16-12-20(21)17-24(28)30)26(31)27-22-8-4-3-5-9-22/h6-7,10,20-22H,3-5,8-9,11-18H2,1-2H3,(H,27,31). The number of nitrogens with zero attached hydrogens (tertiary/aromatic N) is 2. The van der Waals surface area contributed by atoms with E-state index in [1.807, 2.05) is 28.0 Å². The first-order chi connectivity index (χ1) is 16.1. The number of methoxy groups -OCH3 is 2. The minimum atomic E-state index is 0.0953. The van der Waals surface area contributed by atoms with Crippen LogP contribution in [-0.4, -0.2) is 68.2 Å². The number of hydrogen-bond donors (Lipinski definition) is 1. The number of carbonyl (C=O) groups excluding carboxylic acids is 2. The van der Waals surface area contributed by atoms with Gasteiger partial charge < -0.3 is 24.6 Å². The molecule has 2 heterocycles. The first kappa shape index (κ1) is 23.7. The second-order valence-corrected chi connectivity index (χ2v) is 9.82. The fourth-order valence-corrected chi connectivity index (χ4v) is 5.82. The van der Waals surface area contributed by atoms with E-state index in [4.69, 9.17) is 9.47 Å². The summed E-state index contributed by atoms with van der Waals surface area (Å²) < 4.78 is 11.0. The van der Waals surface area contributed by atoms with Crippen LogP contribution in [0.4, 0.5) is 4.79 Å².